The van der Waals surface area contributed by atoms with Gasteiger partial charge >= 0.3 is 0 Å². The van der Waals surface area contributed by atoms with Crippen LogP contribution in [0.3, 0.4) is 0 Å². The molecule has 0 bridgehead atoms. The van der Waals surface area contributed by atoms with E-state index in [1.54, 1.807) is 18.2 Å². The maximum atomic E-state index is 13.0. The summed E-state index contributed by atoms with van der Waals surface area (Å²) in [6.07, 6.45) is 0.199. The second-order valence-electron chi connectivity index (χ2n) is 7.42. The Bertz CT molecular complexity index is 951. The molecule has 2 aromatic rings. The molecule has 4 rings (SSSR count). The molecular formula is C21H22N4O4. The summed E-state index contributed by atoms with van der Waals surface area (Å²) in [6.45, 7) is 4.63. The highest BCUT2D eigenvalue weighted by Gasteiger charge is 2.43. The number of anilines is 2. The number of nitrogens with zero attached hydrogens (tertiary/aromatic N) is 4. The SMILES string of the molecule is Cc1cccc(N2C(=O)CC(N3CCN(c4ccc([N+](=O)[O-])cc4)CC3)C2=O)c1. The minimum Gasteiger partial charge on any atom is -0.369 e. The molecule has 8 nitrogen and oxygen atoms in total. The summed E-state index contributed by atoms with van der Waals surface area (Å²) in [5.74, 6) is -0.326. The Balaban J connectivity index is 1.41. The van der Waals surface area contributed by atoms with Crippen LogP contribution in [-0.4, -0.2) is 53.9 Å². The van der Waals surface area contributed by atoms with Crippen molar-refractivity contribution in [2.45, 2.75) is 19.4 Å². The van der Waals surface area contributed by atoms with E-state index < -0.39 is 11.0 Å². The summed E-state index contributed by atoms with van der Waals surface area (Å²) in [6, 6.07) is 13.5. The standard InChI is InChI=1S/C21H22N4O4/c1-15-3-2-4-18(13-15)24-20(26)14-19(21(24)27)23-11-9-22(10-12-23)16-5-7-17(8-6-16)25(28)29/h2-8,13,19H,9-12,14H2,1H3. The highest BCUT2D eigenvalue weighted by Crippen LogP contribution is 2.28. The van der Waals surface area contributed by atoms with Crippen molar-refractivity contribution in [1.82, 2.24) is 4.90 Å². The maximum Gasteiger partial charge on any atom is 0.269 e. The first-order valence-electron chi connectivity index (χ1n) is 9.61. The van der Waals surface area contributed by atoms with Gasteiger partial charge < -0.3 is 4.90 Å². The maximum absolute atomic E-state index is 13.0. The molecule has 0 radical (unpaired) electrons. The van der Waals surface area contributed by atoms with Crippen molar-refractivity contribution < 1.29 is 14.5 Å². The lowest BCUT2D eigenvalue weighted by atomic mass is 10.1. The average molecular weight is 394 g/mol. The zero-order valence-electron chi connectivity index (χ0n) is 16.2. The molecule has 2 aromatic carbocycles. The van der Waals surface area contributed by atoms with Gasteiger partial charge in [-0.2, -0.15) is 0 Å². The summed E-state index contributed by atoms with van der Waals surface area (Å²) in [5.41, 5.74) is 2.62. The predicted octanol–water partition coefficient (Wildman–Crippen LogP) is 2.36. The normalized spacial score (nSPS) is 20.4. The zero-order chi connectivity index (χ0) is 20.5. The minimum absolute atomic E-state index is 0.0682. The molecule has 2 aliphatic rings. The number of nitro groups is 1. The van der Waals surface area contributed by atoms with E-state index in [4.69, 9.17) is 0 Å². The molecule has 0 spiro atoms. The zero-order valence-corrected chi connectivity index (χ0v) is 16.2. The van der Waals surface area contributed by atoms with Gasteiger partial charge in [0.05, 0.1) is 23.1 Å². The van der Waals surface area contributed by atoms with Crippen LogP contribution in [0.25, 0.3) is 0 Å². The number of amides is 2. The fraction of sp³-hybridized carbons (Fsp3) is 0.333. The van der Waals surface area contributed by atoms with E-state index in [0.717, 1.165) is 11.3 Å². The number of piperazine rings is 1. The van der Waals surface area contributed by atoms with Gasteiger partial charge in [0, 0.05) is 44.0 Å². The van der Waals surface area contributed by atoms with Gasteiger partial charge in [-0.25, -0.2) is 4.90 Å². The third-order valence-electron chi connectivity index (χ3n) is 5.56. The Morgan fingerprint density at radius 1 is 0.966 bits per heavy atom. The van der Waals surface area contributed by atoms with Crippen molar-refractivity contribution in [3.8, 4) is 0 Å². The fourth-order valence-electron chi connectivity index (χ4n) is 4.02. The molecule has 0 aromatic heterocycles. The first kappa shape index (κ1) is 19.1. The molecule has 8 heteroatoms. The van der Waals surface area contributed by atoms with Gasteiger partial charge in [-0.15, -0.1) is 0 Å². The first-order valence-corrected chi connectivity index (χ1v) is 9.61. The number of rotatable bonds is 4. The average Bonchev–Trinajstić information content (AvgIpc) is 3.02. The molecule has 2 amide bonds. The summed E-state index contributed by atoms with van der Waals surface area (Å²) < 4.78 is 0. The van der Waals surface area contributed by atoms with E-state index in [1.807, 2.05) is 25.1 Å². The second kappa shape index (κ2) is 7.63. The van der Waals surface area contributed by atoms with Crippen LogP contribution in [0.2, 0.25) is 0 Å². The summed E-state index contributed by atoms with van der Waals surface area (Å²) in [4.78, 5) is 41.4. The van der Waals surface area contributed by atoms with E-state index >= 15 is 0 Å². The van der Waals surface area contributed by atoms with Crippen LogP contribution in [0, 0.1) is 17.0 Å². The number of imide groups is 1. The first-order chi connectivity index (χ1) is 13.9. The number of hydrogen-bond donors (Lipinski definition) is 0. The Morgan fingerprint density at radius 3 is 2.28 bits per heavy atom. The number of hydrogen-bond acceptors (Lipinski definition) is 6. The van der Waals surface area contributed by atoms with Gasteiger partial charge in [-0.1, -0.05) is 12.1 Å². The molecule has 2 heterocycles. The Labute approximate surface area is 168 Å². The number of nitro benzene ring substituents is 1. The van der Waals surface area contributed by atoms with Crippen LogP contribution in [-0.2, 0) is 9.59 Å². The highest BCUT2D eigenvalue weighted by atomic mass is 16.6. The van der Waals surface area contributed by atoms with Gasteiger partial charge in [0.1, 0.15) is 0 Å². The van der Waals surface area contributed by atoms with Crippen LogP contribution in [0.1, 0.15) is 12.0 Å². The van der Waals surface area contributed by atoms with Crippen LogP contribution >= 0.6 is 0 Å². The van der Waals surface area contributed by atoms with Crippen molar-refractivity contribution in [2.75, 3.05) is 36.0 Å². The van der Waals surface area contributed by atoms with Gasteiger partial charge in [0.2, 0.25) is 5.91 Å². The lowest BCUT2D eigenvalue weighted by Gasteiger charge is -2.38. The molecular weight excluding hydrogens is 372 g/mol. The summed E-state index contributed by atoms with van der Waals surface area (Å²) in [7, 11) is 0. The van der Waals surface area contributed by atoms with Gasteiger partial charge in [0.25, 0.3) is 11.6 Å². The summed E-state index contributed by atoms with van der Waals surface area (Å²) in [5, 5.41) is 10.8. The predicted molar refractivity (Wildman–Crippen MR) is 109 cm³/mol. The Hall–Kier alpha value is -3.26. The molecule has 1 atom stereocenters. The third-order valence-corrected chi connectivity index (χ3v) is 5.56. The van der Waals surface area contributed by atoms with E-state index in [9.17, 15) is 19.7 Å². The molecule has 1 unspecified atom stereocenters. The quantitative estimate of drug-likeness (QED) is 0.449. The second-order valence-corrected chi connectivity index (χ2v) is 7.42. The van der Waals surface area contributed by atoms with Crippen molar-refractivity contribution in [3.05, 3.63) is 64.2 Å². The number of benzene rings is 2. The monoisotopic (exact) mass is 394 g/mol. The van der Waals surface area contributed by atoms with Crippen molar-refractivity contribution in [1.29, 1.82) is 0 Å². The Morgan fingerprint density at radius 2 is 1.66 bits per heavy atom. The smallest absolute Gasteiger partial charge is 0.269 e. The molecule has 150 valence electrons. The van der Waals surface area contributed by atoms with Crippen molar-refractivity contribution in [3.63, 3.8) is 0 Å². The molecule has 2 fully saturated rings. The summed E-state index contributed by atoms with van der Waals surface area (Å²) >= 11 is 0. The third kappa shape index (κ3) is 3.71. The van der Waals surface area contributed by atoms with Crippen LogP contribution in [0.5, 0.6) is 0 Å². The molecule has 0 aliphatic carbocycles. The molecule has 0 N–H and O–H groups in total. The van der Waals surface area contributed by atoms with E-state index in [2.05, 4.69) is 9.80 Å². The highest BCUT2D eigenvalue weighted by molar-refractivity contribution is 6.22. The molecule has 29 heavy (non-hydrogen) atoms. The van der Waals surface area contributed by atoms with Crippen LogP contribution in [0.4, 0.5) is 17.1 Å². The fourth-order valence-corrected chi connectivity index (χ4v) is 4.02. The Kier molecular flexibility index (Phi) is 5.02. The van der Waals surface area contributed by atoms with Gasteiger partial charge in [0.15, 0.2) is 0 Å². The number of aryl methyl sites for hydroxylation is 1. The lowest BCUT2D eigenvalue weighted by Crippen LogP contribution is -2.52. The number of carbonyl (C=O) groups is 2. The molecule has 2 aliphatic heterocycles. The lowest BCUT2D eigenvalue weighted by molar-refractivity contribution is -0.384. The largest absolute Gasteiger partial charge is 0.369 e. The number of non-ortho nitro benzene ring substituents is 1. The van der Waals surface area contributed by atoms with Crippen LogP contribution < -0.4 is 9.80 Å². The van der Waals surface area contributed by atoms with Gasteiger partial charge in [-0.05, 0) is 36.8 Å². The van der Waals surface area contributed by atoms with Crippen LogP contribution in [0.15, 0.2) is 48.5 Å². The van der Waals surface area contributed by atoms with Gasteiger partial charge in [-0.3, -0.25) is 24.6 Å². The molecule has 2 saturated heterocycles. The van der Waals surface area contributed by atoms with E-state index in [0.29, 0.717) is 31.9 Å². The topological polar surface area (TPSA) is 87.0 Å². The van der Waals surface area contributed by atoms with E-state index in [-0.39, 0.29) is 23.9 Å². The molecule has 0 saturated carbocycles. The van der Waals surface area contributed by atoms with Crippen molar-refractivity contribution in [2.24, 2.45) is 0 Å². The minimum atomic E-state index is -0.429. The van der Waals surface area contributed by atoms with Crippen molar-refractivity contribution >= 4 is 28.9 Å². The van der Waals surface area contributed by atoms with E-state index in [1.165, 1.54) is 17.0 Å². The number of carbonyl (C=O) groups excluding carboxylic acids is 2.